The van der Waals surface area contributed by atoms with E-state index in [1.54, 1.807) is 25.3 Å². The molecule has 0 radical (unpaired) electrons. The van der Waals surface area contributed by atoms with Crippen molar-refractivity contribution < 1.29 is 18.6 Å². The van der Waals surface area contributed by atoms with Gasteiger partial charge in [-0.3, -0.25) is 4.79 Å². The molecule has 0 amide bonds. The molecule has 0 N–H and O–H groups in total. The first-order valence-corrected chi connectivity index (χ1v) is 9.81. The molecule has 0 aliphatic carbocycles. The Labute approximate surface area is 166 Å². The maximum atomic E-state index is 12.8. The minimum Gasteiger partial charge on any atom is -0.494 e. The van der Waals surface area contributed by atoms with Crippen LogP contribution >= 0.6 is 15.9 Å². The van der Waals surface area contributed by atoms with Crippen molar-refractivity contribution in [2.24, 2.45) is 0 Å². The molecular weight excluding hydrogens is 412 g/mol. The lowest BCUT2D eigenvalue weighted by molar-refractivity contribution is 0.0512. The van der Waals surface area contributed by atoms with Crippen LogP contribution in [-0.2, 0) is 4.74 Å². The van der Waals surface area contributed by atoms with Crippen LogP contribution in [0.4, 0.5) is 0 Å². The maximum absolute atomic E-state index is 12.8. The zero-order valence-corrected chi connectivity index (χ0v) is 16.7. The van der Waals surface area contributed by atoms with Gasteiger partial charge in [0.25, 0.3) is 0 Å². The number of benzene rings is 2. The number of hydrogen-bond acceptors (Lipinski definition) is 5. The zero-order valence-electron chi connectivity index (χ0n) is 15.1. The number of methoxy groups -OCH3 is 1. The van der Waals surface area contributed by atoms with Crippen LogP contribution in [0.25, 0.3) is 22.1 Å². The van der Waals surface area contributed by atoms with Crippen molar-refractivity contribution in [3.8, 4) is 22.6 Å². The van der Waals surface area contributed by atoms with Gasteiger partial charge in [-0.05, 0) is 42.7 Å². The minimum atomic E-state index is -0.0828. The molecule has 142 valence electrons. The molecule has 5 nitrogen and oxygen atoms in total. The molecule has 0 bridgehead atoms. The minimum absolute atomic E-state index is 0.0828. The fourth-order valence-electron chi connectivity index (χ4n) is 2.64. The van der Waals surface area contributed by atoms with Crippen molar-refractivity contribution in [2.45, 2.75) is 12.8 Å². The molecule has 0 unspecified atom stereocenters. The van der Waals surface area contributed by atoms with E-state index in [0.717, 1.165) is 29.5 Å². The third-order valence-corrected chi connectivity index (χ3v) is 4.61. The molecule has 3 aromatic rings. The van der Waals surface area contributed by atoms with E-state index in [1.165, 1.54) is 6.26 Å². The van der Waals surface area contributed by atoms with Gasteiger partial charge < -0.3 is 18.6 Å². The number of fused-ring (bicyclic) bond motifs is 1. The number of hydrogen-bond donors (Lipinski definition) is 0. The predicted octanol–water partition coefficient (Wildman–Crippen LogP) is 5.00. The molecule has 0 atom stereocenters. The number of rotatable bonds is 9. The van der Waals surface area contributed by atoms with Crippen molar-refractivity contribution >= 4 is 26.9 Å². The molecule has 0 saturated carbocycles. The number of alkyl halides is 1. The van der Waals surface area contributed by atoms with E-state index < -0.39 is 0 Å². The van der Waals surface area contributed by atoms with Crippen LogP contribution < -0.4 is 14.9 Å². The van der Waals surface area contributed by atoms with Gasteiger partial charge in [0.1, 0.15) is 23.3 Å². The average Bonchev–Trinajstić information content (AvgIpc) is 2.70. The summed E-state index contributed by atoms with van der Waals surface area (Å²) in [5.74, 6) is 1.38. The Morgan fingerprint density at radius 2 is 1.78 bits per heavy atom. The SMILES string of the molecule is COCOc1ccc2c(=O)c(-c3ccc(OCCCCBr)cc3)coc2c1. The molecule has 0 saturated heterocycles. The molecule has 0 aliphatic heterocycles. The predicted molar refractivity (Wildman–Crippen MR) is 109 cm³/mol. The van der Waals surface area contributed by atoms with Crippen LogP contribution in [0.5, 0.6) is 11.5 Å². The zero-order chi connectivity index (χ0) is 19.1. The van der Waals surface area contributed by atoms with Crippen LogP contribution in [0.3, 0.4) is 0 Å². The first kappa shape index (κ1) is 19.5. The Balaban J connectivity index is 1.80. The number of ether oxygens (including phenoxy) is 3. The summed E-state index contributed by atoms with van der Waals surface area (Å²) >= 11 is 3.40. The summed E-state index contributed by atoms with van der Waals surface area (Å²) in [7, 11) is 1.55. The largest absolute Gasteiger partial charge is 0.494 e. The molecular formula is C21H21BrO5. The van der Waals surface area contributed by atoms with E-state index >= 15 is 0 Å². The molecule has 6 heteroatoms. The third kappa shape index (κ3) is 4.90. The summed E-state index contributed by atoms with van der Waals surface area (Å²) in [6.45, 7) is 0.814. The first-order valence-electron chi connectivity index (χ1n) is 8.69. The fraction of sp³-hybridized carbons (Fsp3) is 0.286. The van der Waals surface area contributed by atoms with Gasteiger partial charge in [0.05, 0.1) is 17.6 Å². The lowest BCUT2D eigenvalue weighted by atomic mass is 10.1. The van der Waals surface area contributed by atoms with E-state index in [0.29, 0.717) is 28.9 Å². The van der Waals surface area contributed by atoms with E-state index in [4.69, 9.17) is 18.6 Å². The Morgan fingerprint density at radius 3 is 2.52 bits per heavy atom. The fourth-order valence-corrected chi connectivity index (χ4v) is 3.04. The van der Waals surface area contributed by atoms with Gasteiger partial charge in [0.2, 0.25) is 0 Å². The van der Waals surface area contributed by atoms with Crippen molar-refractivity contribution in [3.05, 3.63) is 59.0 Å². The van der Waals surface area contributed by atoms with Crippen LogP contribution in [0.15, 0.2) is 57.9 Å². The van der Waals surface area contributed by atoms with Crippen LogP contribution in [0.1, 0.15) is 12.8 Å². The van der Waals surface area contributed by atoms with Gasteiger partial charge in [-0.25, -0.2) is 0 Å². The van der Waals surface area contributed by atoms with Gasteiger partial charge in [-0.2, -0.15) is 0 Å². The lowest BCUT2D eigenvalue weighted by Gasteiger charge is -2.08. The highest BCUT2D eigenvalue weighted by atomic mass is 79.9. The van der Waals surface area contributed by atoms with E-state index in [2.05, 4.69) is 15.9 Å². The van der Waals surface area contributed by atoms with Crippen LogP contribution in [0.2, 0.25) is 0 Å². The average molecular weight is 433 g/mol. The Hall–Kier alpha value is -2.31. The second kappa shape index (κ2) is 9.58. The Morgan fingerprint density at radius 1 is 1.00 bits per heavy atom. The monoisotopic (exact) mass is 432 g/mol. The van der Waals surface area contributed by atoms with Crippen molar-refractivity contribution in [2.75, 3.05) is 25.8 Å². The first-order chi connectivity index (χ1) is 13.2. The van der Waals surface area contributed by atoms with E-state index in [9.17, 15) is 4.79 Å². The molecule has 0 spiro atoms. The quantitative estimate of drug-likeness (QED) is 0.270. The van der Waals surface area contributed by atoms with Gasteiger partial charge in [-0.15, -0.1) is 0 Å². The summed E-state index contributed by atoms with van der Waals surface area (Å²) < 4.78 is 21.6. The van der Waals surface area contributed by atoms with Gasteiger partial charge >= 0.3 is 0 Å². The summed E-state index contributed by atoms with van der Waals surface area (Å²) in [6, 6.07) is 12.6. The van der Waals surface area contributed by atoms with Gasteiger partial charge in [0, 0.05) is 18.5 Å². The highest BCUT2D eigenvalue weighted by Crippen LogP contribution is 2.24. The normalized spacial score (nSPS) is 10.9. The van der Waals surface area contributed by atoms with Crippen molar-refractivity contribution in [1.82, 2.24) is 0 Å². The third-order valence-electron chi connectivity index (χ3n) is 4.05. The van der Waals surface area contributed by atoms with Crippen molar-refractivity contribution in [1.29, 1.82) is 0 Å². The lowest BCUT2D eigenvalue weighted by Crippen LogP contribution is -2.05. The topological polar surface area (TPSA) is 57.9 Å². The maximum Gasteiger partial charge on any atom is 0.200 e. The summed E-state index contributed by atoms with van der Waals surface area (Å²) in [6.07, 6.45) is 3.56. The summed E-state index contributed by atoms with van der Waals surface area (Å²) in [5.41, 5.74) is 1.70. The number of unbranched alkanes of at least 4 members (excludes halogenated alkanes) is 1. The number of halogens is 1. The highest BCUT2D eigenvalue weighted by molar-refractivity contribution is 9.09. The van der Waals surface area contributed by atoms with E-state index in [-0.39, 0.29) is 12.2 Å². The van der Waals surface area contributed by atoms with E-state index in [1.807, 2.05) is 24.3 Å². The standard InChI is InChI=1S/C21H21BrO5/c1-24-14-27-17-8-9-18-20(12-17)26-13-19(21(18)23)15-4-6-16(7-5-15)25-11-3-2-10-22/h4-9,12-13H,2-3,10-11,14H2,1H3. The Kier molecular flexibility index (Phi) is 6.90. The summed E-state index contributed by atoms with van der Waals surface area (Å²) in [4.78, 5) is 12.8. The van der Waals surface area contributed by atoms with Crippen molar-refractivity contribution in [3.63, 3.8) is 0 Å². The van der Waals surface area contributed by atoms with Gasteiger partial charge in [0.15, 0.2) is 12.2 Å². The highest BCUT2D eigenvalue weighted by Gasteiger charge is 2.10. The van der Waals surface area contributed by atoms with Crippen LogP contribution in [-0.4, -0.2) is 25.8 Å². The van der Waals surface area contributed by atoms with Gasteiger partial charge in [-0.1, -0.05) is 28.1 Å². The molecule has 0 aliphatic rings. The second-order valence-corrected chi connectivity index (χ2v) is 6.75. The molecule has 1 heterocycles. The molecule has 3 rings (SSSR count). The summed E-state index contributed by atoms with van der Waals surface area (Å²) in [5, 5.41) is 1.49. The molecule has 27 heavy (non-hydrogen) atoms. The molecule has 0 fully saturated rings. The molecule has 2 aromatic carbocycles. The smallest absolute Gasteiger partial charge is 0.200 e. The second-order valence-electron chi connectivity index (χ2n) is 5.96. The molecule has 1 aromatic heterocycles. The Bertz CT molecular complexity index is 933. The van der Waals surface area contributed by atoms with Crippen LogP contribution in [0, 0.1) is 0 Å².